The third-order valence-electron chi connectivity index (χ3n) is 5.71. The predicted octanol–water partition coefficient (Wildman–Crippen LogP) is 3.22. The fraction of sp³-hybridized carbons (Fsp3) is 0.524. The SMILES string of the molecule is O=C(C1CC1)N(Cc1c(-c2ccc(F)cc2)noc1N1CCOCC1)C1CC1. The molecule has 0 radical (unpaired) electrons. The van der Waals surface area contributed by atoms with Crippen molar-refractivity contribution >= 4 is 11.8 Å². The summed E-state index contributed by atoms with van der Waals surface area (Å²) in [5.74, 6) is 0.853. The topological polar surface area (TPSA) is 58.8 Å². The zero-order valence-electron chi connectivity index (χ0n) is 15.8. The number of rotatable bonds is 6. The van der Waals surface area contributed by atoms with Crippen LogP contribution in [0.15, 0.2) is 28.8 Å². The van der Waals surface area contributed by atoms with Crippen molar-refractivity contribution in [1.82, 2.24) is 10.1 Å². The van der Waals surface area contributed by atoms with E-state index in [-0.39, 0.29) is 17.6 Å². The molecule has 0 atom stereocenters. The Morgan fingerprint density at radius 1 is 1.14 bits per heavy atom. The van der Waals surface area contributed by atoms with Gasteiger partial charge < -0.3 is 19.1 Å². The van der Waals surface area contributed by atoms with Gasteiger partial charge in [0, 0.05) is 30.6 Å². The lowest BCUT2D eigenvalue weighted by Crippen LogP contribution is -2.38. The molecular weight excluding hydrogens is 361 g/mol. The van der Waals surface area contributed by atoms with Crippen LogP contribution in [0, 0.1) is 11.7 Å². The van der Waals surface area contributed by atoms with Gasteiger partial charge in [0.25, 0.3) is 0 Å². The third kappa shape index (κ3) is 3.51. The maximum atomic E-state index is 13.4. The lowest BCUT2D eigenvalue weighted by atomic mass is 10.1. The molecule has 0 N–H and O–H groups in total. The largest absolute Gasteiger partial charge is 0.378 e. The van der Waals surface area contributed by atoms with Crippen LogP contribution >= 0.6 is 0 Å². The van der Waals surface area contributed by atoms with E-state index in [1.165, 1.54) is 12.1 Å². The van der Waals surface area contributed by atoms with Crippen molar-refractivity contribution < 1.29 is 18.4 Å². The van der Waals surface area contributed by atoms with Gasteiger partial charge in [0.2, 0.25) is 11.8 Å². The Balaban J connectivity index is 1.51. The molecule has 6 nitrogen and oxygen atoms in total. The van der Waals surface area contributed by atoms with E-state index in [0.29, 0.717) is 37.4 Å². The van der Waals surface area contributed by atoms with Gasteiger partial charge in [-0.25, -0.2) is 4.39 Å². The Morgan fingerprint density at radius 2 is 1.86 bits per heavy atom. The molecule has 2 aliphatic carbocycles. The Kier molecular flexibility index (Phi) is 4.55. The van der Waals surface area contributed by atoms with E-state index in [0.717, 1.165) is 49.9 Å². The maximum absolute atomic E-state index is 13.4. The fourth-order valence-corrected chi connectivity index (χ4v) is 3.80. The summed E-state index contributed by atoms with van der Waals surface area (Å²) in [6.45, 7) is 3.22. The summed E-state index contributed by atoms with van der Waals surface area (Å²) in [5, 5.41) is 4.33. The smallest absolute Gasteiger partial charge is 0.233 e. The number of carbonyl (C=O) groups is 1. The van der Waals surface area contributed by atoms with Crippen LogP contribution in [-0.4, -0.2) is 48.3 Å². The minimum absolute atomic E-state index is 0.182. The Morgan fingerprint density at radius 3 is 2.50 bits per heavy atom. The van der Waals surface area contributed by atoms with E-state index in [9.17, 15) is 9.18 Å². The van der Waals surface area contributed by atoms with E-state index in [2.05, 4.69) is 10.1 Å². The van der Waals surface area contributed by atoms with Crippen LogP contribution in [0.25, 0.3) is 11.3 Å². The molecule has 2 aromatic rings. The van der Waals surface area contributed by atoms with Gasteiger partial charge in [0.15, 0.2) is 0 Å². The molecule has 2 heterocycles. The van der Waals surface area contributed by atoms with Crippen molar-refractivity contribution in [3.63, 3.8) is 0 Å². The molecule has 1 amide bonds. The first-order chi connectivity index (χ1) is 13.7. The molecule has 1 aliphatic heterocycles. The summed E-state index contributed by atoms with van der Waals surface area (Å²) in [4.78, 5) is 17.0. The minimum Gasteiger partial charge on any atom is -0.378 e. The van der Waals surface area contributed by atoms with E-state index < -0.39 is 0 Å². The molecule has 2 saturated carbocycles. The summed E-state index contributed by atoms with van der Waals surface area (Å²) < 4.78 is 24.6. The van der Waals surface area contributed by atoms with E-state index in [1.807, 2.05) is 4.90 Å². The standard InChI is InChI=1S/C21H24FN3O3/c22-16-5-3-14(4-6-16)19-18(21(28-23-19)24-9-11-27-12-10-24)13-25(17-7-8-17)20(26)15-1-2-15/h3-6,15,17H,1-2,7-13H2. The van der Waals surface area contributed by atoms with Crippen LogP contribution < -0.4 is 4.90 Å². The number of aromatic nitrogens is 1. The number of amides is 1. The number of benzene rings is 1. The second-order valence-electron chi connectivity index (χ2n) is 7.89. The lowest BCUT2D eigenvalue weighted by Gasteiger charge is -2.28. The predicted molar refractivity (Wildman–Crippen MR) is 101 cm³/mol. The van der Waals surface area contributed by atoms with Gasteiger partial charge in [0.05, 0.1) is 25.3 Å². The molecule has 1 saturated heterocycles. The number of ether oxygens (including phenoxy) is 1. The van der Waals surface area contributed by atoms with Crippen molar-refractivity contribution in [1.29, 1.82) is 0 Å². The first kappa shape index (κ1) is 17.7. The molecule has 28 heavy (non-hydrogen) atoms. The van der Waals surface area contributed by atoms with Crippen molar-refractivity contribution in [2.45, 2.75) is 38.3 Å². The molecule has 0 unspecified atom stereocenters. The molecule has 3 fully saturated rings. The van der Waals surface area contributed by atoms with Gasteiger partial charge in [-0.2, -0.15) is 0 Å². The minimum atomic E-state index is -0.286. The number of halogens is 1. The average Bonchev–Trinajstić information content (AvgIpc) is 3.64. The van der Waals surface area contributed by atoms with Gasteiger partial charge in [-0.3, -0.25) is 4.79 Å². The molecule has 1 aromatic heterocycles. The van der Waals surface area contributed by atoms with Gasteiger partial charge in [-0.05, 0) is 49.9 Å². The Bertz CT molecular complexity index is 852. The molecule has 5 rings (SSSR count). The second-order valence-corrected chi connectivity index (χ2v) is 7.89. The van der Waals surface area contributed by atoms with Gasteiger partial charge in [0.1, 0.15) is 11.5 Å². The lowest BCUT2D eigenvalue weighted by molar-refractivity contribution is -0.133. The highest BCUT2D eigenvalue weighted by atomic mass is 19.1. The summed E-state index contributed by atoms with van der Waals surface area (Å²) in [5.41, 5.74) is 2.40. The molecule has 0 bridgehead atoms. The summed E-state index contributed by atoms with van der Waals surface area (Å²) in [6, 6.07) is 6.60. The summed E-state index contributed by atoms with van der Waals surface area (Å²) >= 11 is 0. The monoisotopic (exact) mass is 385 g/mol. The first-order valence-electron chi connectivity index (χ1n) is 10.1. The quantitative estimate of drug-likeness (QED) is 0.764. The second kappa shape index (κ2) is 7.20. The fourth-order valence-electron chi connectivity index (χ4n) is 3.80. The van der Waals surface area contributed by atoms with Crippen LogP contribution in [0.4, 0.5) is 10.3 Å². The number of hydrogen-bond donors (Lipinski definition) is 0. The molecule has 1 aromatic carbocycles. The van der Waals surface area contributed by atoms with Gasteiger partial charge >= 0.3 is 0 Å². The normalized spacial score (nSPS) is 19.7. The zero-order valence-corrected chi connectivity index (χ0v) is 15.8. The molecule has 148 valence electrons. The van der Waals surface area contributed by atoms with Crippen LogP contribution in [-0.2, 0) is 16.1 Å². The van der Waals surface area contributed by atoms with E-state index in [1.54, 1.807) is 12.1 Å². The molecule has 3 aliphatic rings. The van der Waals surface area contributed by atoms with Crippen LogP contribution in [0.3, 0.4) is 0 Å². The van der Waals surface area contributed by atoms with Gasteiger partial charge in [-0.1, -0.05) is 5.16 Å². The van der Waals surface area contributed by atoms with E-state index in [4.69, 9.17) is 9.26 Å². The van der Waals surface area contributed by atoms with Crippen molar-refractivity contribution in [2.24, 2.45) is 5.92 Å². The molecule has 7 heteroatoms. The van der Waals surface area contributed by atoms with E-state index >= 15 is 0 Å². The van der Waals surface area contributed by atoms with Crippen LogP contribution in [0.2, 0.25) is 0 Å². The highest BCUT2D eigenvalue weighted by Gasteiger charge is 2.41. The molecular formula is C21H24FN3O3. The number of morpholine rings is 1. The first-order valence-corrected chi connectivity index (χ1v) is 10.1. The van der Waals surface area contributed by atoms with Gasteiger partial charge in [-0.15, -0.1) is 0 Å². The third-order valence-corrected chi connectivity index (χ3v) is 5.71. The zero-order chi connectivity index (χ0) is 19.1. The van der Waals surface area contributed by atoms with Crippen molar-refractivity contribution in [2.75, 3.05) is 31.2 Å². The number of hydrogen-bond acceptors (Lipinski definition) is 5. The van der Waals surface area contributed by atoms with Crippen LogP contribution in [0.5, 0.6) is 0 Å². The number of carbonyl (C=O) groups excluding carboxylic acids is 1. The number of anilines is 1. The Hall–Kier alpha value is -2.41. The average molecular weight is 385 g/mol. The highest BCUT2D eigenvalue weighted by Crippen LogP contribution is 2.40. The van der Waals surface area contributed by atoms with Crippen molar-refractivity contribution in [3.8, 4) is 11.3 Å². The Labute approximate surface area is 163 Å². The highest BCUT2D eigenvalue weighted by molar-refractivity contribution is 5.82. The van der Waals surface area contributed by atoms with Crippen molar-refractivity contribution in [3.05, 3.63) is 35.6 Å². The van der Waals surface area contributed by atoms with Crippen LogP contribution in [0.1, 0.15) is 31.2 Å². The maximum Gasteiger partial charge on any atom is 0.233 e. The summed E-state index contributed by atoms with van der Waals surface area (Å²) in [6.07, 6.45) is 4.10. The number of nitrogens with zero attached hydrogens (tertiary/aromatic N) is 3. The summed E-state index contributed by atoms with van der Waals surface area (Å²) in [7, 11) is 0. The molecule has 0 spiro atoms.